The van der Waals surface area contributed by atoms with Gasteiger partial charge in [0, 0.05) is 24.0 Å². The van der Waals surface area contributed by atoms with E-state index in [2.05, 4.69) is 0 Å². The molecule has 0 saturated heterocycles. The van der Waals surface area contributed by atoms with Crippen molar-refractivity contribution in [2.45, 2.75) is 20.4 Å². The van der Waals surface area contributed by atoms with Crippen LogP contribution < -0.4 is 10.2 Å². The summed E-state index contributed by atoms with van der Waals surface area (Å²) in [5.74, 6) is -1.79. The molecule has 0 spiro atoms. The van der Waals surface area contributed by atoms with E-state index in [0.29, 0.717) is 5.75 Å². The number of aliphatic carboxylic acids is 2. The molecule has 1 rings (SSSR count). The van der Waals surface area contributed by atoms with Crippen molar-refractivity contribution in [3.05, 3.63) is 29.8 Å². The Morgan fingerprint density at radius 2 is 1.45 bits per heavy atom. The normalized spacial score (nSPS) is 8.25. The minimum Gasteiger partial charge on any atom is -0.550 e. The maximum absolute atomic E-state index is 9.33. The summed E-state index contributed by atoms with van der Waals surface area (Å²) in [7, 11) is 3.96. The Bertz CT molecular complexity index is 376. The summed E-state index contributed by atoms with van der Waals surface area (Å²) in [5.41, 5.74) is 0.970. The van der Waals surface area contributed by atoms with Crippen LogP contribution in [0, 0.1) is 0 Å². The molecule has 0 saturated carbocycles. The number of aromatic hydroxyl groups is 1. The van der Waals surface area contributed by atoms with E-state index in [4.69, 9.17) is 19.8 Å². The Morgan fingerprint density at radius 3 is 1.75 bits per heavy atom. The Labute approximate surface area is 129 Å². The molecule has 0 atom stereocenters. The average molecular weight is 333 g/mol. The number of carboxylic acids is 2. The van der Waals surface area contributed by atoms with E-state index in [1.165, 1.54) is 0 Å². The van der Waals surface area contributed by atoms with Gasteiger partial charge in [-0.3, -0.25) is 0 Å². The molecule has 1 aromatic carbocycles. The van der Waals surface area contributed by atoms with Gasteiger partial charge in [-0.05, 0) is 34.0 Å². The quantitative estimate of drug-likeness (QED) is 0.694. The second kappa shape index (κ2) is 13.9. The SMILES string of the molecule is CC(=O)[O-].CC(=O)[O-].CN(C)Cc1ccccc1O.[Cu+2]. The van der Waals surface area contributed by atoms with E-state index < -0.39 is 11.9 Å². The molecule has 117 valence electrons. The third-order valence-corrected chi connectivity index (χ3v) is 1.48. The van der Waals surface area contributed by atoms with Gasteiger partial charge in [-0.2, -0.15) is 0 Å². The molecular formula is C13H19CuNO5. The fraction of sp³-hybridized carbons (Fsp3) is 0.385. The number of para-hydroxylation sites is 1. The molecule has 0 amide bonds. The summed E-state index contributed by atoms with van der Waals surface area (Å²) in [6, 6.07) is 7.39. The standard InChI is InChI=1S/C9H13NO.2C2H4O2.Cu/c1-10(2)7-8-5-3-4-6-9(8)11;2*1-2(3)4;/h3-6,11H,7H2,1-2H3;2*1H3,(H,3,4);/q;;;+2/p-2. The summed E-state index contributed by atoms with van der Waals surface area (Å²) < 4.78 is 0. The van der Waals surface area contributed by atoms with Crippen LogP contribution in [-0.4, -0.2) is 36.0 Å². The maximum Gasteiger partial charge on any atom is 2.00 e. The number of rotatable bonds is 2. The molecule has 1 aromatic rings. The van der Waals surface area contributed by atoms with Gasteiger partial charge in [0.15, 0.2) is 0 Å². The van der Waals surface area contributed by atoms with Gasteiger partial charge in [0.05, 0.1) is 0 Å². The van der Waals surface area contributed by atoms with Crippen molar-refractivity contribution in [1.82, 2.24) is 4.90 Å². The number of phenols is 1. The molecule has 0 bridgehead atoms. The van der Waals surface area contributed by atoms with Gasteiger partial charge in [0.1, 0.15) is 5.75 Å². The van der Waals surface area contributed by atoms with Crippen molar-refractivity contribution in [2.24, 2.45) is 0 Å². The first-order valence-electron chi connectivity index (χ1n) is 5.43. The van der Waals surface area contributed by atoms with Crippen LogP contribution in [0.15, 0.2) is 24.3 Å². The fourth-order valence-corrected chi connectivity index (χ4v) is 0.985. The molecule has 0 aliphatic heterocycles. The van der Waals surface area contributed by atoms with Crippen LogP contribution in [0.4, 0.5) is 0 Å². The zero-order valence-corrected chi connectivity index (χ0v) is 12.8. The van der Waals surface area contributed by atoms with Crippen molar-refractivity contribution in [3.8, 4) is 5.75 Å². The van der Waals surface area contributed by atoms with E-state index in [1.54, 1.807) is 6.07 Å². The van der Waals surface area contributed by atoms with Crippen molar-refractivity contribution >= 4 is 11.9 Å². The van der Waals surface area contributed by atoms with Gasteiger partial charge in [0.2, 0.25) is 0 Å². The van der Waals surface area contributed by atoms with Gasteiger partial charge in [-0.15, -0.1) is 0 Å². The molecule has 0 unspecified atom stereocenters. The van der Waals surface area contributed by atoms with Crippen LogP contribution in [0.1, 0.15) is 19.4 Å². The average Bonchev–Trinajstić information content (AvgIpc) is 2.19. The van der Waals surface area contributed by atoms with E-state index in [0.717, 1.165) is 26.0 Å². The van der Waals surface area contributed by atoms with Gasteiger partial charge >= 0.3 is 17.1 Å². The van der Waals surface area contributed by atoms with Crippen molar-refractivity contribution < 1.29 is 42.0 Å². The Hall–Kier alpha value is -1.56. The van der Waals surface area contributed by atoms with Gasteiger partial charge in [-0.25, -0.2) is 0 Å². The second-order valence-corrected chi connectivity index (χ2v) is 3.85. The molecular weight excluding hydrogens is 314 g/mol. The molecule has 1 N–H and O–H groups in total. The maximum atomic E-state index is 9.33. The van der Waals surface area contributed by atoms with Gasteiger partial charge < -0.3 is 29.8 Å². The summed E-state index contributed by atoms with van der Waals surface area (Å²) in [6.45, 7) is 2.73. The van der Waals surface area contributed by atoms with Crippen LogP contribution in [0.5, 0.6) is 5.75 Å². The monoisotopic (exact) mass is 332 g/mol. The smallest absolute Gasteiger partial charge is 0.550 e. The van der Waals surface area contributed by atoms with Crippen LogP contribution in [0.3, 0.4) is 0 Å². The van der Waals surface area contributed by atoms with Crippen molar-refractivity contribution in [1.29, 1.82) is 0 Å². The van der Waals surface area contributed by atoms with Gasteiger partial charge in [-0.1, -0.05) is 18.2 Å². The number of nitrogens with zero attached hydrogens (tertiary/aromatic N) is 1. The molecule has 0 aliphatic carbocycles. The summed E-state index contributed by atoms with van der Waals surface area (Å²) in [4.78, 5) is 19.8. The Morgan fingerprint density at radius 1 is 1.10 bits per heavy atom. The zero-order chi connectivity index (χ0) is 15.4. The molecule has 0 aliphatic rings. The van der Waals surface area contributed by atoms with E-state index in [9.17, 15) is 5.11 Å². The minimum atomic E-state index is -1.08. The first-order chi connectivity index (χ1) is 8.66. The zero-order valence-electron chi connectivity index (χ0n) is 11.8. The summed E-state index contributed by atoms with van der Waals surface area (Å²) >= 11 is 0. The molecule has 1 radical (unpaired) electrons. The number of carbonyl (C=O) groups is 2. The van der Waals surface area contributed by atoms with Crippen LogP contribution in [-0.2, 0) is 33.2 Å². The van der Waals surface area contributed by atoms with Crippen molar-refractivity contribution in [2.75, 3.05) is 14.1 Å². The van der Waals surface area contributed by atoms with Crippen LogP contribution in [0.25, 0.3) is 0 Å². The molecule has 0 fully saturated rings. The number of benzene rings is 1. The first kappa shape index (κ1) is 23.5. The predicted octanol–water partition coefficient (Wildman–Crippen LogP) is -1.04. The molecule has 6 nitrogen and oxygen atoms in total. The fourth-order valence-electron chi connectivity index (χ4n) is 0.985. The number of carboxylic acid groups (broad SMARTS) is 2. The van der Waals surface area contributed by atoms with E-state index in [1.807, 2.05) is 37.2 Å². The van der Waals surface area contributed by atoms with Crippen molar-refractivity contribution in [3.63, 3.8) is 0 Å². The Kier molecular flexibility index (Phi) is 16.3. The van der Waals surface area contributed by atoms with Crippen LogP contribution >= 0.6 is 0 Å². The molecule has 20 heavy (non-hydrogen) atoms. The Balaban J connectivity index is -0.000000272. The molecule has 7 heteroatoms. The number of phenolic OH excluding ortho intramolecular Hbond substituents is 1. The third kappa shape index (κ3) is 21.7. The second-order valence-electron chi connectivity index (χ2n) is 3.85. The number of hydrogen-bond donors (Lipinski definition) is 1. The van der Waals surface area contributed by atoms with E-state index in [-0.39, 0.29) is 17.1 Å². The predicted molar refractivity (Wildman–Crippen MR) is 66.9 cm³/mol. The minimum absolute atomic E-state index is 0. The summed E-state index contributed by atoms with van der Waals surface area (Å²) in [6.07, 6.45) is 0. The number of hydrogen-bond acceptors (Lipinski definition) is 6. The summed E-state index contributed by atoms with van der Waals surface area (Å²) in [5, 5.41) is 27.1. The molecule has 0 heterocycles. The number of carbonyl (C=O) groups excluding carboxylic acids is 2. The first-order valence-corrected chi connectivity index (χ1v) is 5.43. The topological polar surface area (TPSA) is 104 Å². The molecule has 0 aromatic heterocycles. The third-order valence-electron chi connectivity index (χ3n) is 1.48. The van der Waals surface area contributed by atoms with Gasteiger partial charge in [0.25, 0.3) is 0 Å². The largest absolute Gasteiger partial charge is 2.00 e. The van der Waals surface area contributed by atoms with E-state index >= 15 is 0 Å². The van der Waals surface area contributed by atoms with Crippen LogP contribution in [0.2, 0.25) is 0 Å².